The predicted molar refractivity (Wildman–Crippen MR) is 118 cm³/mol. The summed E-state index contributed by atoms with van der Waals surface area (Å²) in [6, 6.07) is 12.3. The van der Waals surface area contributed by atoms with Crippen molar-refractivity contribution >= 4 is 43.5 Å². The first-order valence-corrected chi connectivity index (χ1v) is 11.9. The van der Waals surface area contributed by atoms with E-state index in [0.717, 1.165) is 10.0 Å². The molecular formula is C21H25BrClNO4S. The van der Waals surface area contributed by atoms with Gasteiger partial charge >= 0.3 is 5.97 Å². The number of hydrogen-bond acceptors (Lipinski definition) is 4. The first kappa shape index (κ1) is 23.9. The molecule has 0 fully saturated rings. The Morgan fingerprint density at radius 2 is 1.69 bits per heavy atom. The van der Waals surface area contributed by atoms with Crippen LogP contribution in [0.5, 0.6) is 0 Å². The van der Waals surface area contributed by atoms with E-state index >= 15 is 0 Å². The van der Waals surface area contributed by atoms with Crippen molar-refractivity contribution in [3.8, 4) is 0 Å². The molecule has 0 heterocycles. The lowest BCUT2D eigenvalue weighted by Gasteiger charge is -2.30. The molecule has 8 heteroatoms. The van der Waals surface area contributed by atoms with Crippen LogP contribution in [0.25, 0.3) is 0 Å². The number of ether oxygens (including phenoxy) is 1. The van der Waals surface area contributed by atoms with Crippen molar-refractivity contribution in [2.45, 2.75) is 44.7 Å². The molecule has 0 bridgehead atoms. The van der Waals surface area contributed by atoms with Crippen molar-refractivity contribution in [3.05, 3.63) is 63.6 Å². The van der Waals surface area contributed by atoms with E-state index < -0.39 is 22.0 Å². The average Bonchev–Trinajstić information content (AvgIpc) is 2.66. The molecule has 0 amide bonds. The van der Waals surface area contributed by atoms with Crippen molar-refractivity contribution in [1.82, 2.24) is 4.31 Å². The zero-order valence-corrected chi connectivity index (χ0v) is 19.8. The van der Waals surface area contributed by atoms with Gasteiger partial charge in [-0.15, -0.1) is 0 Å². The van der Waals surface area contributed by atoms with Gasteiger partial charge in [-0.05, 0) is 61.2 Å². The second-order valence-electron chi connectivity index (χ2n) is 7.03. The standard InChI is InChI=1S/C21H25BrClNO4S/c1-4-28-21(25)20(13-15(2)3)24(14-16-5-9-18(23)10-6-16)29(26,27)19-11-7-17(22)8-12-19/h5-12,15,20H,4,13-14H2,1-3H3. The Hall–Kier alpha value is -1.41. The molecule has 0 aromatic heterocycles. The molecule has 1 atom stereocenters. The molecule has 2 aromatic carbocycles. The number of rotatable bonds is 9. The van der Waals surface area contributed by atoms with E-state index in [9.17, 15) is 13.2 Å². The van der Waals surface area contributed by atoms with E-state index in [1.54, 1.807) is 43.3 Å². The molecule has 2 rings (SSSR count). The highest BCUT2D eigenvalue weighted by atomic mass is 79.9. The van der Waals surface area contributed by atoms with E-state index in [0.29, 0.717) is 11.4 Å². The number of nitrogens with zero attached hydrogens (tertiary/aromatic N) is 1. The number of halogens is 2. The molecule has 0 radical (unpaired) electrons. The minimum absolute atomic E-state index is 0.0335. The number of hydrogen-bond donors (Lipinski definition) is 0. The molecule has 0 saturated heterocycles. The maximum atomic E-state index is 13.5. The third-order valence-electron chi connectivity index (χ3n) is 4.27. The second-order valence-corrected chi connectivity index (χ2v) is 10.3. The first-order valence-electron chi connectivity index (χ1n) is 9.33. The summed E-state index contributed by atoms with van der Waals surface area (Å²) >= 11 is 9.28. The van der Waals surface area contributed by atoms with Crippen molar-refractivity contribution in [2.75, 3.05) is 6.61 Å². The summed E-state index contributed by atoms with van der Waals surface area (Å²) in [4.78, 5) is 12.9. The van der Waals surface area contributed by atoms with Gasteiger partial charge in [-0.1, -0.05) is 53.5 Å². The summed E-state index contributed by atoms with van der Waals surface area (Å²) < 4.78 is 34.3. The van der Waals surface area contributed by atoms with Crippen LogP contribution in [0.2, 0.25) is 5.02 Å². The van der Waals surface area contributed by atoms with Gasteiger partial charge in [-0.25, -0.2) is 8.42 Å². The van der Waals surface area contributed by atoms with Gasteiger partial charge in [-0.2, -0.15) is 4.31 Å². The van der Waals surface area contributed by atoms with Crippen molar-refractivity contribution in [3.63, 3.8) is 0 Å². The topological polar surface area (TPSA) is 63.7 Å². The summed E-state index contributed by atoms with van der Waals surface area (Å²) in [6.07, 6.45) is 0.349. The van der Waals surface area contributed by atoms with Crippen LogP contribution in [0, 0.1) is 5.92 Å². The monoisotopic (exact) mass is 501 g/mol. The number of benzene rings is 2. The summed E-state index contributed by atoms with van der Waals surface area (Å²) in [5.74, 6) is -0.451. The highest BCUT2D eigenvalue weighted by Gasteiger charge is 2.37. The third kappa shape index (κ3) is 6.54. The van der Waals surface area contributed by atoms with Gasteiger partial charge in [0.05, 0.1) is 11.5 Å². The molecule has 0 N–H and O–H groups in total. The summed E-state index contributed by atoms with van der Waals surface area (Å²) in [6.45, 7) is 5.81. The second kappa shape index (κ2) is 10.6. The number of esters is 1. The maximum Gasteiger partial charge on any atom is 0.324 e. The Balaban J connectivity index is 2.53. The van der Waals surface area contributed by atoms with Crippen LogP contribution in [0.15, 0.2) is 57.9 Å². The van der Waals surface area contributed by atoms with Crippen molar-refractivity contribution in [1.29, 1.82) is 0 Å². The number of carbonyl (C=O) groups is 1. The summed E-state index contributed by atoms with van der Waals surface area (Å²) in [5, 5.41) is 0.556. The fourth-order valence-corrected chi connectivity index (χ4v) is 4.86. The molecule has 0 spiro atoms. The first-order chi connectivity index (χ1) is 13.6. The lowest BCUT2D eigenvalue weighted by Crippen LogP contribution is -2.46. The molecule has 0 aliphatic carbocycles. The van der Waals surface area contributed by atoms with E-state index in [-0.39, 0.29) is 24.0 Å². The summed E-state index contributed by atoms with van der Waals surface area (Å²) in [5.41, 5.74) is 0.730. The molecule has 2 aromatic rings. The van der Waals surface area contributed by atoms with Crippen LogP contribution in [0.1, 0.15) is 32.8 Å². The third-order valence-corrected chi connectivity index (χ3v) is 6.92. The van der Waals surface area contributed by atoms with Gasteiger partial charge in [-0.3, -0.25) is 4.79 Å². The Morgan fingerprint density at radius 1 is 1.10 bits per heavy atom. The van der Waals surface area contributed by atoms with Crippen LogP contribution in [0.4, 0.5) is 0 Å². The quantitative estimate of drug-likeness (QED) is 0.438. The van der Waals surface area contributed by atoms with Gasteiger partial charge in [0, 0.05) is 16.0 Å². The summed E-state index contributed by atoms with van der Waals surface area (Å²) in [7, 11) is -3.96. The number of sulfonamides is 1. The van der Waals surface area contributed by atoms with Gasteiger partial charge in [0.2, 0.25) is 10.0 Å². The van der Waals surface area contributed by atoms with Crippen LogP contribution in [-0.4, -0.2) is 31.3 Å². The minimum Gasteiger partial charge on any atom is -0.465 e. The zero-order valence-electron chi connectivity index (χ0n) is 16.6. The molecule has 0 saturated carbocycles. The zero-order chi connectivity index (χ0) is 21.6. The molecule has 158 valence electrons. The fourth-order valence-electron chi connectivity index (χ4n) is 2.89. The van der Waals surface area contributed by atoms with Gasteiger partial charge in [0.25, 0.3) is 0 Å². The van der Waals surface area contributed by atoms with Gasteiger partial charge in [0.15, 0.2) is 0 Å². The molecule has 5 nitrogen and oxygen atoms in total. The van der Waals surface area contributed by atoms with E-state index in [1.165, 1.54) is 16.4 Å². The molecule has 0 aliphatic heterocycles. The van der Waals surface area contributed by atoms with Crippen molar-refractivity contribution in [2.24, 2.45) is 5.92 Å². The van der Waals surface area contributed by atoms with Gasteiger partial charge < -0.3 is 4.74 Å². The van der Waals surface area contributed by atoms with Crippen LogP contribution in [0.3, 0.4) is 0 Å². The SMILES string of the molecule is CCOC(=O)C(CC(C)C)N(Cc1ccc(Cl)cc1)S(=O)(=O)c1ccc(Br)cc1. The van der Waals surface area contributed by atoms with Crippen molar-refractivity contribution < 1.29 is 17.9 Å². The Kier molecular flexibility index (Phi) is 8.70. The van der Waals surface area contributed by atoms with E-state index in [1.807, 2.05) is 13.8 Å². The predicted octanol–water partition coefficient (Wildman–Crippen LogP) is 5.27. The highest BCUT2D eigenvalue weighted by molar-refractivity contribution is 9.10. The fraction of sp³-hybridized carbons (Fsp3) is 0.381. The lowest BCUT2D eigenvalue weighted by atomic mass is 10.0. The maximum absolute atomic E-state index is 13.5. The Bertz CT molecular complexity index is 915. The smallest absolute Gasteiger partial charge is 0.324 e. The molecule has 0 aliphatic rings. The normalized spacial score (nSPS) is 12.9. The minimum atomic E-state index is -3.96. The average molecular weight is 503 g/mol. The van der Waals surface area contributed by atoms with Crippen LogP contribution in [-0.2, 0) is 26.1 Å². The van der Waals surface area contributed by atoms with Gasteiger partial charge in [0.1, 0.15) is 6.04 Å². The molecule has 29 heavy (non-hydrogen) atoms. The molecule has 1 unspecified atom stereocenters. The Labute approximate surface area is 186 Å². The lowest BCUT2D eigenvalue weighted by molar-refractivity contribution is -0.148. The highest BCUT2D eigenvalue weighted by Crippen LogP contribution is 2.26. The molecular weight excluding hydrogens is 478 g/mol. The Morgan fingerprint density at radius 3 is 2.21 bits per heavy atom. The van der Waals surface area contributed by atoms with E-state index in [2.05, 4.69) is 15.9 Å². The number of carbonyl (C=O) groups excluding carboxylic acids is 1. The largest absolute Gasteiger partial charge is 0.465 e. The van der Waals surface area contributed by atoms with E-state index in [4.69, 9.17) is 16.3 Å². The van der Waals surface area contributed by atoms with Crippen LogP contribution < -0.4 is 0 Å². The van der Waals surface area contributed by atoms with Crippen LogP contribution >= 0.6 is 27.5 Å².